The first-order chi connectivity index (χ1) is 5.22. The smallest absolute Gasteiger partial charge is 0.140 e. The average molecular weight is 151 g/mol. The first kappa shape index (κ1) is 8.01. The highest BCUT2D eigenvalue weighted by atomic mass is 15.4. The van der Waals surface area contributed by atoms with Gasteiger partial charge in [-0.05, 0) is 31.5 Å². The minimum atomic E-state index is 0.866. The molecule has 3 nitrogen and oxygen atoms in total. The van der Waals surface area contributed by atoms with E-state index in [1.165, 1.54) is 5.56 Å². The molecule has 2 N–H and O–H groups in total. The van der Waals surface area contributed by atoms with Crippen LogP contribution in [0.4, 0.5) is 5.82 Å². The van der Waals surface area contributed by atoms with Crippen molar-refractivity contribution in [1.29, 1.82) is 0 Å². The van der Waals surface area contributed by atoms with Crippen molar-refractivity contribution in [1.82, 2.24) is 10.4 Å². The van der Waals surface area contributed by atoms with Gasteiger partial charge in [-0.2, -0.15) is 0 Å². The fourth-order valence-corrected chi connectivity index (χ4v) is 1.03. The van der Waals surface area contributed by atoms with Gasteiger partial charge in [0.1, 0.15) is 5.82 Å². The molecule has 0 atom stereocenters. The first-order valence-electron chi connectivity index (χ1n) is 3.60. The molecule has 0 unspecified atom stereocenters. The molecule has 11 heavy (non-hydrogen) atoms. The molecule has 0 bridgehead atoms. The van der Waals surface area contributed by atoms with Gasteiger partial charge in [-0.3, -0.25) is 0 Å². The minimum absolute atomic E-state index is 0.866. The van der Waals surface area contributed by atoms with E-state index in [4.69, 9.17) is 0 Å². The Labute approximate surface area is 66.8 Å². The van der Waals surface area contributed by atoms with Gasteiger partial charge in [0, 0.05) is 12.7 Å². The predicted octanol–water partition coefficient (Wildman–Crippen LogP) is 1.24. The van der Waals surface area contributed by atoms with Crippen LogP contribution in [0, 0.1) is 13.8 Å². The van der Waals surface area contributed by atoms with Gasteiger partial charge in [-0.25, -0.2) is 10.4 Å². The topological polar surface area (TPSA) is 37.0 Å². The van der Waals surface area contributed by atoms with Crippen LogP contribution >= 0.6 is 0 Å². The summed E-state index contributed by atoms with van der Waals surface area (Å²) in [6, 6.07) is 4.03. The average Bonchev–Trinajstić information content (AvgIpc) is 1.85. The molecule has 0 radical (unpaired) electrons. The van der Waals surface area contributed by atoms with Crippen LogP contribution in [0.1, 0.15) is 11.3 Å². The Balaban J connectivity index is 2.89. The second-order valence-corrected chi connectivity index (χ2v) is 2.55. The lowest BCUT2D eigenvalue weighted by atomic mass is 10.2. The van der Waals surface area contributed by atoms with Gasteiger partial charge in [-0.1, -0.05) is 0 Å². The molecule has 0 amide bonds. The van der Waals surface area contributed by atoms with Crippen LogP contribution in [-0.2, 0) is 0 Å². The third kappa shape index (κ3) is 2.20. The van der Waals surface area contributed by atoms with E-state index in [0.29, 0.717) is 0 Å². The van der Waals surface area contributed by atoms with Crippen molar-refractivity contribution in [3.63, 3.8) is 0 Å². The van der Waals surface area contributed by atoms with E-state index in [1.54, 1.807) is 0 Å². The van der Waals surface area contributed by atoms with E-state index in [-0.39, 0.29) is 0 Å². The number of rotatable bonds is 2. The van der Waals surface area contributed by atoms with Crippen LogP contribution < -0.4 is 10.9 Å². The van der Waals surface area contributed by atoms with E-state index in [0.717, 1.165) is 11.5 Å². The number of hydrogen-bond acceptors (Lipinski definition) is 3. The third-order valence-corrected chi connectivity index (χ3v) is 1.35. The monoisotopic (exact) mass is 151 g/mol. The molecular formula is C8H13N3. The number of hydrazine groups is 1. The van der Waals surface area contributed by atoms with Crippen molar-refractivity contribution < 1.29 is 0 Å². The van der Waals surface area contributed by atoms with Gasteiger partial charge in [0.2, 0.25) is 0 Å². The molecule has 60 valence electrons. The van der Waals surface area contributed by atoms with Crippen molar-refractivity contribution >= 4 is 5.82 Å². The summed E-state index contributed by atoms with van der Waals surface area (Å²) in [5.41, 5.74) is 8.00. The summed E-state index contributed by atoms with van der Waals surface area (Å²) in [5, 5.41) is 0. The van der Waals surface area contributed by atoms with E-state index >= 15 is 0 Å². The largest absolute Gasteiger partial charge is 0.306 e. The number of aromatic nitrogens is 1. The Morgan fingerprint density at radius 2 is 2.00 bits per heavy atom. The molecule has 0 saturated heterocycles. The van der Waals surface area contributed by atoms with Crippen molar-refractivity contribution in [2.45, 2.75) is 13.8 Å². The highest BCUT2D eigenvalue weighted by Gasteiger charge is 1.93. The summed E-state index contributed by atoms with van der Waals surface area (Å²) in [7, 11) is 1.82. The Hall–Kier alpha value is -1.09. The summed E-state index contributed by atoms with van der Waals surface area (Å²) in [4.78, 5) is 4.25. The molecule has 0 fully saturated rings. The maximum Gasteiger partial charge on any atom is 0.140 e. The van der Waals surface area contributed by atoms with Crippen LogP contribution in [-0.4, -0.2) is 12.0 Å². The molecule has 3 heteroatoms. The van der Waals surface area contributed by atoms with Crippen LogP contribution in [0.2, 0.25) is 0 Å². The summed E-state index contributed by atoms with van der Waals surface area (Å²) >= 11 is 0. The van der Waals surface area contributed by atoms with Crippen LogP contribution in [0.15, 0.2) is 12.1 Å². The van der Waals surface area contributed by atoms with E-state index < -0.39 is 0 Å². The van der Waals surface area contributed by atoms with Gasteiger partial charge in [-0.15, -0.1) is 0 Å². The second kappa shape index (κ2) is 3.34. The SMILES string of the molecule is CNNc1cc(C)cc(C)n1. The molecule has 0 aliphatic heterocycles. The van der Waals surface area contributed by atoms with Crippen molar-refractivity contribution in [3.8, 4) is 0 Å². The number of pyridine rings is 1. The molecule has 0 aromatic carbocycles. The molecular weight excluding hydrogens is 138 g/mol. The predicted molar refractivity (Wildman–Crippen MR) is 46.4 cm³/mol. The Morgan fingerprint density at radius 3 is 2.55 bits per heavy atom. The lowest BCUT2D eigenvalue weighted by molar-refractivity contribution is 0.957. The summed E-state index contributed by atoms with van der Waals surface area (Å²) in [6.45, 7) is 4.03. The van der Waals surface area contributed by atoms with E-state index in [2.05, 4.69) is 22.8 Å². The molecule has 0 spiro atoms. The molecule has 1 aromatic rings. The fraction of sp³-hybridized carbons (Fsp3) is 0.375. The lowest BCUT2D eigenvalue weighted by Crippen LogP contribution is -2.16. The number of nitrogens with one attached hydrogen (secondary N) is 2. The van der Waals surface area contributed by atoms with Crippen LogP contribution in [0.3, 0.4) is 0 Å². The number of nitrogens with zero attached hydrogens (tertiary/aromatic N) is 1. The standard InChI is InChI=1S/C8H13N3/c1-6-4-7(2)10-8(5-6)11-9-3/h4-5,9H,1-3H3,(H,10,11). The highest BCUT2D eigenvalue weighted by molar-refractivity contribution is 5.37. The highest BCUT2D eigenvalue weighted by Crippen LogP contribution is 2.07. The van der Waals surface area contributed by atoms with E-state index in [9.17, 15) is 0 Å². The molecule has 1 aromatic heterocycles. The summed E-state index contributed by atoms with van der Waals surface area (Å²) in [5.74, 6) is 0.866. The van der Waals surface area contributed by atoms with Crippen molar-refractivity contribution in [2.24, 2.45) is 0 Å². The zero-order valence-electron chi connectivity index (χ0n) is 7.10. The van der Waals surface area contributed by atoms with Crippen LogP contribution in [0.25, 0.3) is 0 Å². The van der Waals surface area contributed by atoms with Gasteiger partial charge in [0.15, 0.2) is 0 Å². The summed E-state index contributed by atoms with van der Waals surface area (Å²) < 4.78 is 0. The Kier molecular flexibility index (Phi) is 2.44. The van der Waals surface area contributed by atoms with Gasteiger partial charge < -0.3 is 5.43 Å². The van der Waals surface area contributed by atoms with Crippen molar-refractivity contribution in [3.05, 3.63) is 23.4 Å². The molecule has 1 rings (SSSR count). The fourth-order valence-electron chi connectivity index (χ4n) is 1.03. The summed E-state index contributed by atoms with van der Waals surface area (Å²) in [6.07, 6.45) is 0. The first-order valence-corrected chi connectivity index (χ1v) is 3.60. The maximum absolute atomic E-state index is 4.25. The maximum atomic E-state index is 4.25. The van der Waals surface area contributed by atoms with Gasteiger partial charge in [0.25, 0.3) is 0 Å². The van der Waals surface area contributed by atoms with Crippen molar-refractivity contribution in [2.75, 3.05) is 12.5 Å². The molecule has 1 heterocycles. The zero-order chi connectivity index (χ0) is 8.27. The number of hydrogen-bond donors (Lipinski definition) is 2. The lowest BCUT2D eigenvalue weighted by Gasteiger charge is -2.04. The Morgan fingerprint density at radius 1 is 1.27 bits per heavy atom. The molecule has 0 saturated carbocycles. The second-order valence-electron chi connectivity index (χ2n) is 2.55. The molecule has 0 aliphatic rings. The number of anilines is 1. The van der Waals surface area contributed by atoms with Gasteiger partial charge >= 0.3 is 0 Å². The van der Waals surface area contributed by atoms with Gasteiger partial charge in [0.05, 0.1) is 0 Å². The minimum Gasteiger partial charge on any atom is -0.306 e. The third-order valence-electron chi connectivity index (χ3n) is 1.35. The van der Waals surface area contributed by atoms with Crippen LogP contribution in [0.5, 0.6) is 0 Å². The molecule has 0 aliphatic carbocycles. The Bertz CT molecular complexity index is 225. The normalized spacial score (nSPS) is 9.73. The van der Waals surface area contributed by atoms with E-state index in [1.807, 2.05) is 26.1 Å². The quantitative estimate of drug-likeness (QED) is 0.624. The number of aryl methyl sites for hydroxylation is 2. The zero-order valence-corrected chi connectivity index (χ0v) is 7.10.